The zero-order valence-electron chi connectivity index (χ0n) is 8.44. The minimum Gasteiger partial charge on any atom is -0.476 e. The molecule has 1 aliphatic heterocycles. The molecule has 78 valence electrons. The molecule has 15 heavy (non-hydrogen) atoms. The maximum atomic E-state index is 8.70. The van der Waals surface area contributed by atoms with Gasteiger partial charge in [-0.2, -0.15) is 5.26 Å². The van der Waals surface area contributed by atoms with E-state index in [0.717, 1.165) is 13.0 Å². The number of hydrogen-bond acceptors (Lipinski definition) is 4. The number of hydrogen-bond donors (Lipinski definition) is 1. The average molecular weight is 203 g/mol. The lowest BCUT2D eigenvalue weighted by Crippen LogP contribution is -2.28. The Morgan fingerprint density at radius 1 is 1.67 bits per heavy atom. The van der Waals surface area contributed by atoms with Gasteiger partial charge in [0.15, 0.2) is 0 Å². The van der Waals surface area contributed by atoms with E-state index in [1.54, 1.807) is 18.3 Å². The minimum absolute atomic E-state index is 0.428. The Bertz CT molecular complexity index is 366. The van der Waals surface area contributed by atoms with Gasteiger partial charge in [-0.3, -0.25) is 0 Å². The highest BCUT2D eigenvalue weighted by molar-refractivity contribution is 5.31. The fourth-order valence-electron chi connectivity index (χ4n) is 1.64. The molecule has 2 heterocycles. The zero-order chi connectivity index (χ0) is 10.5. The first kappa shape index (κ1) is 9.94. The third-order valence-corrected chi connectivity index (χ3v) is 2.46. The van der Waals surface area contributed by atoms with Crippen LogP contribution in [0.1, 0.15) is 18.4 Å². The van der Waals surface area contributed by atoms with Crippen molar-refractivity contribution in [3.8, 4) is 11.9 Å². The molecule has 4 nitrogen and oxygen atoms in total. The Morgan fingerprint density at radius 3 is 3.33 bits per heavy atom. The summed E-state index contributed by atoms with van der Waals surface area (Å²) in [5, 5.41) is 12.0. The summed E-state index contributed by atoms with van der Waals surface area (Å²) >= 11 is 0. The Hall–Kier alpha value is -1.60. The molecular formula is C11H13N3O. The molecule has 1 saturated heterocycles. The number of pyridine rings is 1. The number of nitrogens with zero attached hydrogens (tertiary/aromatic N) is 2. The molecule has 2 rings (SSSR count). The summed E-state index contributed by atoms with van der Waals surface area (Å²) in [6, 6.07) is 5.82. The van der Waals surface area contributed by atoms with E-state index in [1.807, 2.05) is 0 Å². The van der Waals surface area contributed by atoms with Crippen LogP contribution in [0.15, 0.2) is 18.3 Å². The van der Waals surface area contributed by atoms with Gasteiger partial charge in [-0.25, -0.2) is 4.98 Å². The Kier molecular flexibility index (Phi) is 3.15. The SMILES string of the molecule is N#Cc1ccnc(OCC2CCCN2)c1. The third kappa shape index (κ3) is 2.67. The van der Waals surface area contributed by atoms with Crippen molar-refractivity contribution in [1.82, 2.24) is 10.3 Å². The Balaban J connectivity index is 1.90. The van der Waals surface area contributed by atoms with Crippen molar-refractivity contribution < 1.29 is 4.74 Å². The molecule has 0 amide bonds. The smallest absolute Gasteiger partial charge is 0.214 e. The van der Waals surface area contributed by atoms with Crippen LogP contribution in [0, 0.1) is 11.3 Å². The van der Waals surface area contributed by atoms with Gasteiger partial charge in [0.2, 0.25) is 5.88 Å². The van der Waals surface area contributed by atoms with Crippen LogP contribution < -0.4 is 10.1 Å². The minimum atomic E-state index is 0.428. The summed E-state index contributed by atoms with van der Waals surface area (Å²) in [5.41, 5.74) is 0.583. The molecule has 0 aliphatic carbocycles. The summed E-state index contributed by atoms with van der Waals surface area (Å²) in [5.74, 6) is 0.530. The topological polar surface area (TPSA) is 57.9 Å². The van der Waals surface area contributed by atoms with Crippen LogP contribution in [0.5, 0.6) is 5.88 Å². The predicted molar refractivity (Wildman–Crippen MR) is 55.5 cm³/mol. The molecule has 1 aliphatic rings. The van der Waals surface area contributed by atoms with Gasteiger partial charge in [0, 0.05) is 18.3 Å². The molecule has 1 unspecified atom stereocenters. The number of nitriles is 1. The molecule has 1 aromatic rings. The first-order valence-corrected chi connectivity index (χ1v) is 5.11. The molecular weight excluding hydrogens is 190 g/mol. The van der Waals surface area contributed by atoms with Gasteiger partial charge in [-0.1, -0.05) is 0 Å². The molecule has 0 aromatic carbocycles. The fourth-order valence-corrected chi connectivity index (χ4v) is 1.64. The van der Waals surface area contributed by atoms with Crippen LogP contribution in [0.3, 0.4) is 0 Å². The summed E-state index contributed by atoms with van der Waals surface area (Å²) in [4.78, 5) is 4.05. The number of aromatic nitrogens is 1. The van der Waals surface area contributed by atoms with Gasteiger partial charge in [0.05, 0.1) is 11.6 Å². The molecule has 0 spiro atoms. The zero-order valence-corrected chi connectivity index (χ0v) is 8.44. The van der Waals surface area contributed by atoms with E-state index >= 15 is 0 Å². The lowest BCUT2D eigenvalue weighted by Gasteiger charge is -2.10. The van der Waals surface area contributed by atoms with Gasteiger partial charge in [-0.05, 0) is 25.5 Å². The van der Waals surface area contributed by atoms with Crippen molar-refractivity contribution in [3.63, 3.8) is 0 Å². The highest BCUT2D eigenvalue weighted by Gasteiger charge is 2.14. The monoisotopic (exact) mass is 203 g/mol. The summed E-state index contributed by atoms with van der Waals surface area (Å²) < 4.78 is 5.51. The highest BCUT2D eigenvalue weighted by Crippen LogP contribution is 2.11. The highest BCUT2D eigenvalue weighted by atomic mass is 16.5. The first-order valence-electron chi connectivity index (χ1n) is 5.11. The van der Waals surface area contributed by atoms with Crippen LogP contribution >= 0.6 is 0 Å². The van der Waals surface area contributed by atoms with Gasteiger partial charge in [-0.15, -0.1) is 0 Å². The van der Waals surface area contributed by atoms with E-state index in [9.17, 15) is 0 Å². The standard InChI is InChI=1S/C11H13N3O/c12-7-9-3-5-14-11(6-9)15-8-10-2-1-4-13-10/h3,5-6,10,13H,1-2,4,8H2. The predicted octanol–water partition coefficient (Wildman–Crippen LogP) is 1.08. The summed E-state index contributed by atoms with van der Waals surface area (Å²) in [6.45, 7) is 1.70. The van der Waals surface area contributed by atoms with Gasteiger partial charge < -0.3 is 10.1 Å². The molecule has 0 bridgehead atoms. The molecule has 1 N–H and O–H groups in total. The van der Waals surface area contributed by atoms with E-state index in [4.69, 9.17) is 10.00 Å². The molecule has 1 fully saturated rings. The second-order valence-electron chi connectivity index (χ2n) is 3.60. The van der Waals surface area contributed by atoms with Crippen molar-refractivity contribution in [1.29, 1.82) is 5.26 Å². The summed E-state index contributed by atoms with van der Waals surface area (Å²) in [7, 11) is 0. The van der Waals surface area contributed by atoms with Crippen molar-refractivity contribution in [2.45, 2.75) is 18.9 Å². The largest absolute Gasteiger partial charge is 0.476 e. The number of ether oxygens (including phenoxy) is 1. The second kappa shape index (κ2) is 4.76. The third-order valence-electron chi connectivity index (χ3n) is 2.46. The first-order chi connectivity index (χ1) is 7.38. The maximum absolute atomic E-state index is 8.70. The van der Waals surface area contributed by atoms with Crippen LogP contribution in [0.4, 0.5) is 0 Å². The van der Waals surface area contributed by atoms with Gasteiger partial charge in [0.25, 0.3) is 0 Å². The van der Waals surface area contributed by atoms with E-state index < -0.39 is 0 Å². The van der Waals surface area contributed by atoms with Crippen molar-refractivity contribution in [3.05, 3.63) is 23.9 Å². The normalized spacial score (nSPS) is 19.8. The number of rotatable bonds is 3. The van der Waals surface area contributed by atoms with E-state index in [2.05, 4.69) is 16.4 Å². The van der Waals surface area contributed by atoms with E-state index in [1.165, 1.54) is 6.42 Å². The van der Waals surface area contributed by atoms with Gasteiger partial charge >= 0.3 is 0 Å². The van der Waals surface area contributed by atoms with Crippen LogP contribution in [-0.4, -0.2) is 24.2 Å². The molecule has 0 radical (unpaired) electrons. The van der Waals surface area contributed by atoms with Crippen LogP contribution in [0.25, 0.3) is 0 Å². The van der Waals surface area contributed by atoms with Crippen LogP contribution in [0.2, 0.25) is 0 Å². The van der Waals surface area contributed by atoms with Crippen molar-refractivity contribution in [2.24, 2.45) is 0 Å². The lowest BCUT2D eigenvalue weighted by atomic mass is 10.2. The molecule has 1 atom stereocenters. The lowest BCUT2D eigenvalue weighted by molar-refractivity contribution is 0.267. The quantitative estimate of drug-likeness (QED) is 0.798. The molecule has 1 aromatic heterocycles. The van der Waals surface area contributed by atoms with E-state index in [-0.39, 0.29) is 0 Å². The maximum Gasteiger partial charge on any atom is 0.214 e. The number of nitrogens with one attached hydrogen (secondary N) is 1. The van der Waals surface area contributed by atoms with Crippen molar-refractivity contribution in [2.75, 3.05) is 13.2 Å². The van der Waals surface area contributed by atoms with Gasteiger partial charge in [0.1, 0.15) is 6.61 Å². The molecule has 4 heteroatoms. The second-order valence-corrected chi connectivity index (χ2v) is 3.60. The Labute approximate surface area is 88.9 Å². The molecule has 0 saturated carbocycles. The average Bonchev–Trinajstić information content (AvgIpc) is 2.79. The fraction of sp³-hybridized carbons (Fsp3) is 0.455. The van der Waals surface area contributed by atoms with Crippen LogP contribution in [-0.2, 0) is 0 Å². The Morgan fingerprint density at radius 2 is 2.60 bits per heavy atom. The van der Waals surface area contributed by atoms with E-state index in [0.29, 0.717) is 24.1 Å². The van der Waals surface area contributed by atoms with Crippen molar-refractivity contribution >= 4 is 0 Å². The summed E-state index contributed by atoms with van der Waals surface area (Å²) in [6.07, 6.45) is 3.95.